The molecule has 112 valence electrons. The smallest absolute Gasteiger partial charge is 0.213 e. The monoisotopic (exact) mass is 297 g/mol. The van der Waals surface area contributed by atoms with Crippen molar-refractivity contribution in [2.45, 2.75) is 26.7 Å². The predicted molar refractivity (Wildman–Crippen MR) is 80.4 cm³/mol. The summed E-state index contributed by atoms with van der Waals surface area (Å²) in [4.78, 5) is 0. The van der Waals surface area contributed by atoms with Gasteiger partial charge in [0.05, 0.1) is 12.4 Å². The van der Waals surface area contributed by atoms with Crippen LogP contribution < -0.4 is 4.74 Å². The standard InChI is InChI=1S/C15H23NO3S/c1-3-20(17,18)16-10-8-14(9-11-16)12-19-15-6-4-13(2)5-7-15/h4-7,14H,3,8-12H2,1-2H3. The molecule has 0 atom stereocenters. The van der Waals surface area contributed by atoms with Crippen LogP contribution in [0.15, 0.2) is 24.3 Å². The van der Waals surface area contributed by atoms with Gasteiger partial charge in [0.1, 0.15) is 5.75 Å². The lowest BCUT2D eigenvalue weighted by atomic mass is 9.99. The van der Waals surface area contributed by atoms with Crippen molar-refractivity contribution in [2.75, 3.05) is 25.4 Å². The van der Waals surface area contributed by atoms with Gasteiger partial charge in [0.2, 0.25) is 10.0 Å². The molecule has 0 saturated carbocycles. The Morgan fingerprint density at radius 2 is 1.80 bits per heavy atom. The molecule has 2 rings (SSSR count). The van der Waals surface area contributed by atoms with Crippen molar-refractivity contribution in [1.82, 2.24) is 4.31 Å². The molecule has 0 bridgehead atoms. The van der Waals surface area contributed by atoms with Crippen LogP contribution in [0.5, 0.6) is 5.75 Å². The van der Waals surface area contributed by atoms with Crippen molar-refractivity contribution in [3.8, 4) is 5.75 Å². The molecule has 0 N–H and O–H groups in total. The number of hydrogen-bond donors (Lipinski definition) is 0. The highest BCUT2D eigenvalue weighted by atomic mass is 32.2. The molecule has 20 heavy (non-hydrogen) atoms. The number of sulfonamides is 1. The third-order valence-corrected chi connectivity index (χ3v) is 5.72. The molecule has 0 unspecified atom stereocenters. The Bertz CT molecular complexity index is 517. The van der Waals surface area contributed by atoms with Crippen LogP contribution in [-0.2, 0) is 10.0 Å². The zero-order valence-corrected chi connectivity index (χ0v) is 13.0. The summed E-state index contributed by atoms with van der Waals surface area (Å²) in [7, 11) is -3.02. The van der Waals surface area contributed by atoms with Crippen LogP contribution in [0.4, 0.5) is 0 Å². The van der Waals surface area contributed by atoms with Crippen molar-refractivity contribution in [1.29, 1.82) is 0 Å². The molecule has 0 amide bonds. The summed E-state index contributed by atoms with van der Waals surface area (Å²) in [5.41, 5.74) is 1.22. The van der Waals surface area contributed by atoms with Gasteiger partial charge < -0.3 is 4.74 Å². The van der Waals surface area contributed by atoms with Gasteiger partial charge in [-0.1, -0.05) is 17.7 Å². The van der Waals surface area contributed by atoms with E-state index in [9.17, 15) is 8.42 Å². The Morgan fingerprint density at radius 3 is 2.35 bits per heavy atom. The van der Waals surface area contributed by atoms with E-state index in [4.69, 9.17) is 4.74 Å². The lowest BCUT2D eigenvalue weighted by Crippen LogP contribution is -2.40. The number of piperidine rings is 1. The topological polar surface area (TPSA) is 46.6 Å². The summed E-state index contributed by atoms with van der Waals surface area (Å²) >= 11 is 0. The third-order valence-electron chi connectivity index (χ3n) is 3.84. The van der Waals surface area contributed by atoms with E-state index in [1.165, 1.54) is 5.56 Å². The molecule has 1 heterocycles. The van der Waals surface area contributed by atoms with E-state index in [1.54, 1.807) is 11.2 Å². The van der Waals surface area contributed by atoms with E-state index in [1.807, 2.05) is 31.2 Å². The van der Waals surface area contributed by atoms with Gasteiger partial charge in [-0.2, -0.15) is 0 Å². The molecule has 0 aliphatic carbocycles. The molecule has 1 aliphatic rings. The fourth-order valence-corrected chi connectivity index (χ4v) is 3.52. The average molecular weight is 297 g/mol. The van der Waals surface area contributed by atoms with Crippen LogP contribution in [0.2, 0.25) is 0 Å². The highest BCUT2D eigenvalue weighted by Crippen LogP contribution is 2.21. The predicted octanol–water partition coefficient (Wildman–Crippen LogP) is 2.44. The molecule has 4 nitrogen and oxygen atoms in total. The largest absolute Gasteiger partial charge is 0.493 e. The number of hydrogen-bond acceptors (Lipinski definition) is 3. The molecule has 1 saturated heterocycles. The number of benzene rings is 1. The van der Waals surface area contributed by atoms with Gasteiger partial charge in [-0.25, -0.2) is 12.7 Å². The van der Waals surface area contributed by atoms with Gasteiger partial charge in [-0.15, -0.1) is 0 Å². The van der Waals surface area contributed by atoms with Gasteiger partial charge in [0, 0.05) is 13.1 Å². The summed E-state index contributed by atoms with van der Waals surface area (Å²) in [6, 6.07) is 8.02. The second-order valence-corrected chi connectivity index (χ2v) is 7.62. The van der Waals surface area contributed by atoms with E-state index in [0.29, 0.717) is 25.6 Å². The second-order valence-electron chi connectivity index (χ2n) is 5.37. The van der Waals surface area contributed by atoms with Crippen LogP contribution in [-0.4, -0.2) is 38.2 Å². The fraction of sp³-hybridized carbons (Fsp3) is 0.600. The first-order chi connectivity index (χ1) is 9.51. The van der Waals surface area contributed by atoms with Crippen molar-refractivity contribution in [2.24, 2.45) is 5.92 Å². The Balaban J connectivity index is 1.79. The first-order valence-corrected chi connectivity index (χ1v) is 8.79. The average Bonchev–Trinajstić information content (AvgIpc) is 2.47. The van der Waals surface area contributed by atoms with Crippen LogP contribution in [0.25, 0.3) is 0 Å². The van der Waals surface area contributed by atoms with Crippen LogP contribution in [0.3, 0.4) is 0 Å². The van der Waals surface area contributed by atoms with Crippen LogP contribution in [0.1, 0.15) is 25.3 Å². The number of rotatable bonds is 5. The Labute approximate surface area is 121 Å². The summed E-state index contributed by atoms with van der Waals surface area (Å²) in [5, 5.41) is 0. The molecule has 1 aromatic rings. The van der Waals surface area contributed by atoms with Gasteiger partial charge in [0.25, 0.3) is 0 Å². The van der Waals surface area contributed by atoms with Crippen molar-refractivity contribution in [3.63, 3.8) is 0 Å². The van der Waals surface area contributed by atoms with E-state index < -0.39 is 10.0 Å². The number of ether oxygens (including phenoxy) is 1. The molecule has 0 radical (unpaired) electrons. The summed E-state index contributed by atoms with van der Waals surface area (Å²) in [6.45, 7) is 5.66. The molecule has 1 aromatic carbocycles. The molecule has 1 aliphatic heterocycles. The zero-order chi connectivity index (χ0) is 14.6. The maximum absolute atomic E-state index is 11.8. The van der Waals surface area contributed by atoms with Crippen molar-refractivity contribution >= 4 is 10.0 Å². The lowest BCUT2D eigenvalue weighted by Gasteiger charge is -2.30. The van der Waals surface area contributed by atoms with Crippen LogP contribution >= 0.6 is 0 Å². The molecule has 5 heteroatoms. The summed E-state index contributed by atoms with van der Waals surface area (Å²) in [6.07, 6.45) is 1.76. The first kappa shape index (κ1) is 15.3. The molecular formula is C15H23NO3S. The molecule has 0 spiro atoms. The minimum Gasteiger partial charge on any atom is -0.493 e. The highest BCUT2D eigenvalue weighted by Gasteiger charge is 2.26. The normalized spacial score (nSPS) is 18.1. The van der Waals surface area contributed by atoms with Gasteiger partial charge >= 0.3 is 0 Å². The quantitative estimate of drug-likeness (QED) is 0.838. The minimum absolute atomic E-state index is 0.192. The first-order valence-electron chi connectivity index (χ1n) is 7.18. The minimum atomic E-state index is -3.02. The van der Waals surface area contributed by atoms with Gasteiger partial charge in [-0.05, 0) is 44.7 Å². The zero-order valence-electron chi connectivity index (χ0n) is 12.2. The molecule has 1 fully saturated rings. The van der Waals surface area contributed by atoms with Gasteiger partial charge in [-0.3, -0.25) is 0 Å². The second kappa shape index (κ2) is 6.59. The van der Waals surface area contributed by atoms with E-state index >= 15 is 0 Å². The lowest BCUT2D eigenvalue weighted by molar-refractivity contribution is 0.185. The van der Waals surface area contributed by atoms with Gasteiger partial charge in [0.15, 0.2) is 0 Å². The summed E-state index contributed by atoms with van der Waals surface area (Å²) in [5.74, 6) is 1.52. The van der Waals surface area contributed by atoms with E-state index in [-0.39, 0.29) is 5.75 Å². The van der Waals surface area contributed by atoms with Crippen molar-refractivity contribution in [3.05, 3.63) is 29.8 Å². The van der Waals surface area contributed by atoms with E-state index in [0.717, 1.165) is 18.6 Å². The SMILES string of the molecule is CCS(=O)(=O)N1CCC(COc2ccc(C)cc2)CC1. The number of aryl methyl sites for hydroxylation is 1. The Morgan fingerprint density at radius 1 is 1.20 bits per heavy atom. The summed E-state index contributed by atoms with van der Waals surface area (Å²) < 4.78 is 30.9. The third kappa shape index (κ3) is 3.96. The molecular weight excluding hydrogens is 274 g/mol. The van der Waals surface area contributed by atoms with Crippen LogP contribution in [0, 0.1) is 12.8 Å². The highest BCUT2D eigenvalue weighted by molar-refractivity contribution is 7.89. The van der Waals surface area contributed by atoms with E-state index in [2.05, 4.69) is 0 Å². The maximum Gasteiger partial charge on any atom is 0.213 e. The number of nitrogens with zero attached hydrogens (tertiary/aromatic N) is 1. The Kier molecular flexibility index (Phi) is 5.05. The van der Waals surface area contributed by atoms with Crippen molar-refractivity contribution < 1.29 is 13.2 Å². The maximum atomic E-state index is 11.8. The fourth-order valence-electron chi connectivity index (χ4n) is 2.39. The Hall–Kier alpha value is -1.07. The molecule has 0 aromatic heterocycles.